The van der Waals surface area contributed by atoms with Crippen LogP contribution in [0.15, 0.2) is 0 Å². The summed E-state index contributed by atoms with van der Waals surface area (Å²) in [5.41, 5.74) is 0.434. The van der Waals surface area contributed by atoms with Gasteiger partial charge >= 0.3 is 0 Å². The molecular weight excluding hydrogens is 184 g/mol. The highest BCUT2D eigenvalue weighted by molar-refractivity contribution is 4.82. The summed E-state index contributed by atoms with van der Waals surface area (Å²) in [6.07, 6.45) is 1.27. The maximum atomic E-state index is 3.49. The molecule has 0 aromatic heterocycles. The van der Waals surface area contributed by atoms with Crippen LogP contribution in [0, 0.1) is 11.3 Å². The molecule has 2 heteroatoms. The first-order valence-corrected chi connectivity index (χ1v) is 6.40. The van der Waals surface area contributed by atoms with Gasteiger partial charge in [0.15, 0.2) is 0 Å². The summed E-state index contributed by atoms with van der Waals surface area (Å²) >= 11 is 0. The predicted molar refractivity (Wildman–Crippen MR) is 67.1 cm³/mol. The maximum absolute atomic E-state index is 3.49. The van der Waals surface area contributed by atoms with Gasteiger partial charge in [-0.05, 0) is 17.8 Å². The Bertz CT molecular complexity index is 183. The summed E-state index contributed by atoms with van der Waals surface area (Å²) in [6.45, 7) is 16.5. The SMILES string of the molecule is CCC1CNCCN1CC(C)C(C)(C)C. The van der Waals surface area contributed by atoms with Crippen LogP contribution in [0.1, 0.15) is 41.0 Å². The summed E-state index contributed by atoms with van der Waals surface area (Å²) in [4.78, 5) is 2.67. The van der Waals surface area contributed by atoms with Gasteiger partial charge in [-0.1, -0.05) is 34.6 Å². The van der Waals surface area contributed by atoms with E-state index in [1.54, 1.807) is 0 Å². The Kier molecular flexibility index (Phi) is 4.60. The molecule has 0 spiro atoms. The van der Waals surface area contributed by atoms with Crippen molar-refractivity contribution in [3.63, 3.8) is 0 Å². The Hall–Kier alpha value is -0.0800. The molecule has 1 rings (SSSR count). The number of nitrogens with zero attached hydrogens (tertiary/aromatic N) is 1. The van der Waals surface area contributed by atoms with Gasteiger partial charge in [0.2, 0.25) is 0 Å². The van der Waals surface area contributed by atoms with Crippen LogP contribution in [0.25, 0.3) is 0 Å². The largest absolute Gasteiger partial charge is 0.314 e. The molecule has 2 atom stereocenters. The normalized spacial score (nSPS) is 26.6. The Morgan fingerprint density at radius 3 is 2.60 bits per heavy atom. The number of rotatable bonds is 3. The van der Waals surface area contributed by atoms with E-state index in [9.17, 15) is 0 Å². The highest BCUT2D eigenvalue weighted by atomic mass is 15.2. The third-order valence-electron chi connectivity index (χ3n) is 3.93. The van der Waals surface area contributed by atoms with E-state index in [2.05, 4.69) is 44.8 Å². The van der Waals surface area contributed by atoms with Gasteiger partial charge in [-0.25, -0.2) is 0 Å². The molecule has 0 aromatic carbocycles. The summed E-state index contributed by atoms with van der Waals surface area (Å²) in [5, 5.41) is 3.49. The monoisotopic (exact) mass is 212 g/mol. The zero-order chi connectivity index (χ0) is 11.5. The van der Waals surface area contributed by atoms with E-state index in [4.69, 9.17) is 0 Å². The van der Waals surface area contributed by atoms with Crippen molar-refractivity contribution in [2.24, 2.45) is 11.3 Å². The molecule has 0 bridgehead atoms. The van der Waals surface area contributed by atoms with Crippen molar-refractivity contribution in [2.75, 3.05) is 26.2 Å². The molecule has 2 unspecified atom stereocenters. The maximum Gasteiger partial charge on any atom is 0.0218 e. The van der Waals surface area contributed by atoms with E-state index < -0.39 is 0 Å². The topological polar surface area (TPSA) is 15.3 Å². The number of piperazine rings is 1. The summed E-state index contributed by atoms with van der Waals surface area (Å²) < 4.78 is 0. The van der Waals surface area contributed by atoms with Crippen LogP contribution in [-0.4, -0.2) is 37.1 Å². The standard InChI is InChI=1S/C13H28N2/c1-6-12-9-14-7-8-15(12)10-11(2)13(3,4)5/h11-12,14H,6-10H2,1-5H3. The van der Waals surface area contributed by atoms with E-state index in [1.165, 1.54) is 26.1 Å². The summed E-state index contributed by atoms with van der Waals surface area (Å²) in [5.74, 6) is 0.768. The highest BCUT2D eigenvalue weighted by Gasteiger charge is 2.26. The first kappa shape index (κ1) is 13.0. The lowest BCUT2D eigenvalue weighted by molar-refractivity contribution is 0.101. The third-order valence-corrected chi connectivity index (χ3v) is 3.93. The van der Waals surface area contributed by atoms with Gasteiger partial charge in [0.05, 0.1) is 0 Å². The van der Waals surface area contributed by atoms with Gasteiger partial charge in [-0.3, -0.25) is 4.90 Å². The Labute approximate surface area is 95.4 Å². The third kappa shape index (κ3) is 3.76. The Morgan fingerprint density at radius 1 is 1.40 bits per heavy atom. The molecule has 1 fully saturated rings. The van der Waals surface area contributed by atoms with E-state index in [0.717, 1.165) is 18.5 Å². The van der Waals surface area contributed by atoms with Crippen molar-refractivity contribution >= 4 is 0 Å². The molecule has 1 saturated heterocycles. The van der Waals surface area contributed by atoms with E-state index in [1.807, 2.05) is 0 Å². The van der Waals surface area contributed by atoms with E-state index in [0.29, 0.717) is 5.41 Å². The fourth-order valence-corrected chi connectivity index (χ4v) is 2.07. The fourth-order valence-electron chi connectivity index (χ4n) is 2.07. The van der Waals surface area contributed by atoms with Crippen molar-refractivity contribution in [2.45, 2.75) is 47.1 Å². The van der Waals surface area contributed by atoms with Crippen molar-refractivity contribution in [3.05, 3.63) is 0 Å². The fraction of sp³-hybridized carbons (Fsp3) is 1.00. The molecule has 0 aromatic rings. The van der Waals surface area contributed by atoms with Gasteiger partial charge in [0.25, 0.3) is 0 Å². The van der Waals surface area contributed by atoms with Crippen LogP contribution < -0.4 is 5.32 Å². The second-order valence-corrected chi connectivity index (χ2v) is 6.03. The van der Waals surface area contributed by atoms with Crippen LogP contribution in [0.3, 0.4) is 0 Å². The molecule has 0 radical (unpaired) electrons. The smallest absolute Gasteiger partial charge is 0.0218 e. The van der Waals surface area contributed by atoms with Crippen LogP contribution in [-0.2, 0) is 0 Å². The van der Waals surface area contributed by atoms with Gasteiger partial charge in [-0.2, -0.15) is 0 Å². The molecule has 0 aliphatic carbocycles. The Balaban J connectivity index is 2.48. The molecular formula is C13H28N2. The molecule has 2 nitrogen and oxygen atoms in total. The number of hydrogen-bond acceptors (Lipinski definition) is 2. The van der Waals surface area contributed by atoms with Crippen LogP contribution in [0.2, 0.25) is 0 Å². The second kappa shape index (κ2) is 5.31. The lowest BCUT2D eigenvalue weighted by Crippen LogP contribution is -2.52. The molecule has 15 heavy (non-hydrogen) atoms. The minimum absolute atomic E-state index is 0.434. The number of hydrogen-bond donors (Lipinski definition) is 1. The molecule has 90 valence electrons. The van der Waals surface area contributed by atoms with Gasteiger partial charge in [-0.15, -0.1) is 0 Å². The first-order valence-electron chi connectivity index (χ1n) is 6.40. The first-order chi connectivity index (χ1) is 6.95. The zero-order valence-electron chi connectivity index (χ0n) is 11.1. The van der Waals surface area contributed by atoms with Gasteiger partial charge in [0, 0.05) is 32.2 Å². The highest BCUT2D eigenvalue weighted by Crippen LogP contribution is 2.27. The van der Waals surface area contributed by atoms with Crippen molar-refractivity contribution in [1.82, 2.24) is 10.2 Å². The quantitative estimate of drug-likeness (QED) is 0.772. The Morgan fingerprint density at radius 2 is 2.07 bits per heavy atom. The molecule has 1 heterocycles. The molecule has 0 saturated carbocycles. The predicted octanol–water partition coefficient (Wildman–Crippen LogP) is 2.35. The lowest BCUT2D eigenvalue weighted by Gasteiger charge is -2.40. The van der Waals surface area contributed by atoms with Crippen LogP contribution >= 0.6 is 0 Å². The second-order valence-electron chi connectivity index (χ2n) is 6.03. The van der Waals surface area contributed by atoms with Gasteiger partial charge in [0.1, 0.15) is 0 Å². The lowest BCUT2D eigenvalue weighted by atomic mass is 9.81. The minimum atomic E-state index is 0.434. The zero-order valence-corrected chi connectivity index (χ0v) is 11.1. The number of nitrogens with one attached hydrogen (secondary N) is 1. The van der Waals surface area contributed by atoms with Crippen LogP contribution in [0.5, 0.6) is 0 Å². The van der Waals surface area contributed by atoms with Gasteiger partial charge < -0.3 is 5.32 Å². The van der Waals surface area contributed by atoms with E-state index in [-0.39, 0.29) is 0 Å². The summed E-state index contributed by atoms with van der Waals surface area (Å²) in [7, 11) is 0. The average Bonchev–Trinajstić information content (AvgIpc) is 2.17. The van der Waals surface area contributed by atoms with E-state index >= 15 is 0 Å². The molecule has 1 aliphatic heterocycles. The molecule has 0 amide bonds. The molecule has 1 aliphatic rings. The summed E-state index contributed by atoms with van der Waals surface area (Å²) in [6, 6.07) is 0.753. The minimum Gasteiger partial charge on any atom is -0.314 e. The van der Waals surface area contributed by atoms with Crippen molar-refractivity contribution < 1.29 is 0 Å². The van der Waals surface area contributed by atoms with Crippen molar-refractivity contribution in [3.8, 4) is 0 Å². The van der Waals surface area contributed by atoms with Crippen LogP contribution in [0.4, 0.5) is 0 Å². The average molecular weight is 212 g/mol. The van der Waals surface area contributed by atoms with Crippen molar-refractivity contribution in [1.29, 1.82) is 0 Å². The molecule has 1 N–H and O–H groups in total.